The number of aliphatic hydroxyl groups is 3. The summed E-state index contributed by atoms with van der Waals surface area (Å²) in [5.41, 5.74) is 5.24. The second kappa shape index (κ2) is 10.1. The van der Waals surface area contributed by atoms with Gasteiger partial charge in [0.15, 0.2) is 11.4 Å². The summed E-state index contributed by atoms with van der Waals surface area (Å²) < 4.78 is 4.72. The van der Waals surface area contributed by atoms with E-state index in [0.29, 0.717) is 11.1 Å². The summed E-state index contributed by atoms with van der Waals surface area (Å²) in [6.07, 6.45) is -1.23. The molecule has 3 aliphatic rings. The van der Waals surface area contributed by atoms with Gasteiger partial charge in [0, 0.05) is 17.5 Å². The molecule has 6 atom stereocenters. The van der Waals surface area contributed by atoms with Gasteiger partial charge in [0.1, 0.15) is 17.4 Å². The number of aromatic hydroxyl groups is 1. The van der Waals surface area contributed by atoms with Crippen molar-refractivity contribution in [3.05, 3.63) is 58.7 Å². The maximum atomic E-state index is 13.9. The molecule has 2 fully saturated rings. The van der Waals surface area contributed by atoms with Crippen LogP contribution < -0.4 is 5.73 Å². The van der Waals surface area contributed by atoms with Crippen molar-refractivity contribution in [2.45, 2.75) is 37.0 Å². The van der Waals surface area contributed by atoms with Crippen LogP contribution >= 0.6 is 0 Å². The molecule has 2 saturated carbocycles. The first-order valence-electron chi connectivity index (χ1n) is 13.2. The summed E-state index contributed by atoms with van der Waals surface area (Å²) in [5, 5.41) is 44.9. The molecule has 1 amide bonds. The van der Waals surface area contributed by atoms with Crippen molar-refractivity contribution in [1.29, 1.82) is 0 Å². The van der Waals surface area contributed by atoms with Crippen LogP contribution in [0.3, 0.4) is 0 Å². The lowest BCUT2D eigenvalue weighted by atomic mass is 9.54. The third kappa shape index (κ3) is 4.23. The van der Waals surface area contributed by atoms with Crippen LogP contribution in [0.4, 0.5) is 0 Å². The number of rotatable bonds is 5. The molecule has 216 valence electrons. The minimum atomic E-state index is -2.70. The van der Waals surface area contributed by atoms with E-state index < -0.39 is 58.7 Å². The third-order valence-electron chi connectivity index (χ3n) is 8.81. The van der Waals surface area contributed by atoms with Crippen LogP contribution in [0.5, 0.6) is 5.75 Å². The second-order valence-corrected chi connectivity index (χ2v) is 11.2. The Labute approximate surface area is 235 Å². The number of fused-ring (bicyclic) bond motifs is 3. The van der Waals surface area contributed by atoms with Gasteiger partial charge in [-0.2, -0.15) is 0 Å². The molecule has 11 heteroatoms. The number of aliphatic hydroxyl groups excluding tert-OH is 2. The molecule has 2 aromatic carbocycles. The van der Waals surface area contributed by atoms with E-state index in [1.165, 1.54) is 13.2 Å². The molecule has 11 nitrogen and oxygen atoms in total. The number of nitrogens with zero attached hydrogens (tertiary/aromatic N) is 1. The Morgan fingerprint density at radius 1 is 1.10 bits per heavy atom. The number of primary amides is 1. The highest BCUT2D eigenvalue weighted by molar-refractivity contribution is 6.25. The zero-order valence-corrected chi connectivity index (χ0v) is 22.8. The Bertz CT molecular complexity index is 1500. The highest BCUT2D eigenvalue weighted by atomic mass is 16.5. The first-order valence-corrected chi connectivity index (χ1v) is 13.2. The van der Waals surface area contributed by atoms with Crippen molar-refractivity contribution in [1.82, 2.24) is 4.90 Å². The molecule has 6 N–H and O–H groups in total. The van der Waals surface area contributed by atoms with Gasteiger partial charge in [-0.1, -0.05) is 30.3 Å². The molecule has 0 saturated heterocycles. The van der Waals surface area contributed by atoms with Crippen molar-refractivity contribution >= 4 is 29.2 Å². The first kappa shape index (κ1) is 28.5. The number of carbonyl (C=O) groups is 4. The van der Waals surface area contributed by atoms with Gasteiger partial charge >= 0.3 is 5.97 Å². The summed E-state index contributed by atoms with van der Waals surface area (Å²) >= 11 is 0. The summed E-state index contributed by atoms with van der Waals surface area (Å²) in [6, 6.07) is 9.25. The van der Waals surface area contributed by atoms with E-state index >= 15 is 0 Å². The van der Waals surface area contributed by atoms with E-state index in [-0.39, 0.29) is 42.1 Å². The average molecular weight is 565 g/mol. The normalized spacial score (nSPS) is 29.1. The second-order valence-electron chi connectivity index (χ2n) is 11.2. The molecule has 0 aliphatic heterocycles. The van der Waals surface area contributed by atoms with Crippen LogP contribution in [0, 0.1) is 17.8 Å². The number of hydrogen-bond acceptors (Lipinski definition) is 10. The quantitative estimate of drug-likeness (QED) is 0.253. The number of benzene rings is 2. The van der Waals surface area contributed by atoms with Crippen LogP contribution in [-0.4, -0.2) is 87.7 Å². The Kier molecular flexibility index (Phi) is 7.01. The Morgan fingerprint density at radius 2 is 1.76 bits per heavy atom. The van der Waals surface area contributed by atoms with E-state index in [9.17, 15) is 39.6 Å². The number of amides is 1. The van der Waals surface area contributed by atoms with Gasteiger partial charge in [0.05, 0.1) is 25.2 Å². The monoisotopic (exact) mass is 564 g/mol. The smallest absolute Gasteiger partial charge is 0.309 e. The molecule has 5 rings (SSSR count). The number of esters is 1. The topological polar surface area (TPSA) is 188 Å². The number of methoxy groups -OCH3 is 1. The van der Waals surface area contributed by atoms with Crippen LogP contribution in [0.15, 0.2) is 42.0 Å². The number of nitrogens with two attached hydrogens (primary N) is 1. The number of phenols is 1. The Morgan fingerprint density at radius 3 is 2.34 bits per heavy atom. The van der Waals surface area contributed by atoms with Gasteiger partial charge in [-0.05, 0) is 61.2 Å². The predicted molar refractivity (Wildman–Crippen MR) is 145 cm³/mol. The van der Waals surface area contributed by atoms with E-state index in [2.05, 4.69) is 0 Å². The number of hydrogen-bond donors (Lipinski definition) is 5. The molecule has 41 heavy (non-hydrogen) atoms. The van der Waals surface area contributed by atoms with Crippen LogP contribution in [0.1, 0.15) is 23.1 Å². The largest absolute Gasteiger partial charge is 0.507 e. The van der Waals surface area contributed by atoms with Crippen molar-refractivity contribution in [3.8, 4) is 16.9 Å². The number of likely N-dealkylation sites (N-methyl/N-ethyl adjacent to an activating group) is 1. The molecule has 0 bridgehead atoms. The maximum absolute atomic E-state index is 13.9. The van der Waals surface area contributed by atoms with E-state index in [1.54, 1.807) is 49.3 Å². The number of ketones is 2. The Hall–Kier alpha value is -4.06. The lowest BCUT2D eigenvalue weighted by Crippen LogP contribution is -2.73. The van der Waals surface area contributed by atoms with Gasteiger partial charge in [0.2, 0.25) is 11.7 Å². The molecule has 3 aliphatic carbocycles. The van der Waals surface area contributed by atoms with Gasteiger partial charge in [-0.25, -0.2) is 0 Å². The number of carbonyl (C=O) groups excluding carboxylic acids is 4. The minimum Gasteiger partial charge on any atom is -0.507 e. The van der Waals surface area contributed by atoms with Crippen LogP contribution in [-0.2, 0) is 36.8 Å². The molecule has 1 unspecified atom stereocenters. The number of phenolic OH excluding ortho intramolecular Hbond substituents is 1. The molecule has 0 heterocycles. The summed E-state index contributed by atoms with van der Waals surface area (Å²) in [5.74, 6) is -8.21. The van der Waals surface area contributed by atoms with Crippen LogP contribution in [0.2, 0.25) is 0 Å². The fourth-order valence-electron chi connectivity index (χ4n) is 6.92. The van der Waals surface area contributed by atoms with Crippen molar-refractivity contribution in [2.75, 3.05) is 21.2 Å². The fourth-order valence-corrected chi connectivity index (χ4v) is 6.92. The SMILES string of the molecule is COC(=O)Cc1ccc(-c2ccc(O)c3c2C[C@H]2C[C@H]4[C@H](N(C)C)[C@@H](O)C(C(N)=O)C(=O)[C@@]4(O)C(=O)C2=C3O)cc1. The fraction of sp³-hybridized carbons (Fsp3) is 0.400. The maximum Gasteiger partial charge on any atom is 0.309 e. The standard InChI is InChI=1S/C30H32N2O9/c1-32(2)24-18-12-15-11-17-16(14-6-4-13(5-7-14)10-20(34)41-3)8-9-19(33)22(17)25(35)21(15)27(37)30(18,40)28(38)23(26(24)36)29(31)39/h4-9,15,18,23-24,26,33,35-36,40H,10-12H2,1-3H3,(H2,31,39)/t15-,18-,23?,24-,26-,30-/m0/s1. The van der Waals surface area contributed by atoms with Gasteiger partial charge in [-0.3, -0.25) is 19.2 Å². The van der Waals surface area contributed by atoms with E-state index in [0.717, 1.165) is 11.1 Å². The molecule has 0 radical (unpaired) electrons. The number of Topliss-reactive ketones (excluding diaryl/α,β-unsaturated/α-hetero) is 2. The molecule has 2 aromatic rings. The molecule has 0 spiro atoms. The van der Waals surface area contributed by atoms with Gasteiger partial charge in [0.25, 0.3) is 0 Å². The van der Waals surface area contributed by atoms with Crippen LogP contribution in [0.25, 0.3) is 16.9 Å². The highest BCUT2D eigenvalue weighted by Gasteiger charge is 2.67. The van der Waals surface area contributed by atoms with Gasteiger partial charge in [-0.15, -0.1) is 0 Å². The zero-order valence-electron chi connectivity index (χ0n) is 22.8. The predicted octanol–water partition coefficient (Wildman–Crippen LogP) is 0.512. The lowest BCUT2D eigenvalue weighted by molar-refractivity contribution is -0.184. The average Bonchev–Trinajstić information content (AvgIpc) is 2.91. The van der Waals surface area contributed by atoms with Crippen molar-refractivity contribution in [3.63, 3.8) is 0 Å². The summed E-state index contributed by atoms with van der Waals surface area (Å²) in [6.45, 7) is 0. The highest BCUT2D eigenvalue weighted by Crippen LogP contribution is 2.53. The molecule has 0 aromatic heterocycles. The minimum absolute atomic E-state index is 0.0155. The number of ether oxygens (including phenoxy) is 1. The van der Waals surface area contributed by atoms with Gasteiger partial charge < -0.3 is 35.8 Å². The van der Waals surface area contributed by atoms with Crippen molar-refractivity contribution in [2.24, 2.45) is 23.5 Å². The molecular weight excluding hydrogens is 532 g/mol. The Balaban J connectivity index is 1.63. The van der Waals surface area contributed by atoms with Crippen molar-refractivity contribution < 1.29 is 44.3 Å². The van der Waals surface area contributed by atoms with E-state index in [4.69, 9.17) is 10.5 Å². The zero-order chi connectivity index (χ0) is 30.0. The third-order valence-corrected chi connectivity index (χ3v) is 8.81. The lowest BCUT2D eigenvalue weighted by Gasteiger charge is -2.53. The summed E-state index contributed by atoms with van der Waals surface area (Å²) in [7, 11) is 4.52. The van der Waals surface area contributed by atoms with E-state index in [1.807, 2.05) is 0 Å². The first-order chi connectivity index (χ1) is 19.3. The molecular formula is C30H32N2O9. The summed E-state index contributed by atoms with van der Waals surface area (Å²) in [4.78, 5) is 52.7.